The molecule has 2 aliphatic heterocycles. The Morgan fingerprint density at radius 3 is 2.78 bits per heavy atom. The van der Waals surface area contributed by atoms with E-state index in [4.69, 9.17) is 4.74 Å². The van der Waals surface area contributed by atoms with Crippen molar-refractivity contribution in [2.24, 2.45) is 0 Å². The number of rotatable bonds is 3. The maximum atomic E-state index is 12.3. The number of amides is 1. The monoisotopic (exact) mass is 318 g/mol. The van der Waals surface area contributed by atoms with Gasteiger partial charge < -0.3 is 14.5 Å². The lowest BCUT2D eigenvalue weighted by atomic mass is 10.1. The zero-order valence-corrected chi connectivity index (χ0v) is 12.5. The highest BCUT2D eigenvalue weighted by Gasteiger charge is 2.27. The second kappa shape index (κ2) is 7.46. The Hall–Kier alpha value is -0.130. The molecule has 1 atom stereocenters. The summed E-state index contributed by atoms with van der Waals surface area (Å²) < 4.78 is 5.60. The van der Waals surface area contributed by atoms with E-state index in [9.17, 15) is 4.79 Å². The topological polar surface area (TPSA) is 32.8 Å². The molecule has 0 saturated carbocycles. The van der Waals surface area contributed by atoms with E-state index < -0.39 is 0 Å². The van der Waals surface area contributed by atoms with E-state index in [2.05, 4.69) is 20.8 Å². The molecular weight excluding hydrogens is 296 g/mol. The molecule has 2 heterocycles. The van der Waals surface area contributed by atoms with Gasteiger partial charge in [0, 0.05) is 38.1 Å². The van der Waals surface area contributed by atoms with Crippen molar-refractivity contribution in [3.05, 3.63) is 0 Å². The standard InChI is InChI=1S/C13H23BrN2O2/c14-5-8-15-6-3-7-16(10-9-15)13(17)12-4-1-2-11-18-12/h12H,1-11H2. The van der Waals surface area contributed by atoms with Crippen LogP contribution in [0.25, 0.3) is 0 Å². The van der Waals surface area contributed by atoms with E-state index in [1.807, 2.05) is 4.90 Å². The highest BCUT2D eigenvalue weighted by Crippen LogP contribution is 2.16. The van der Waals surface area contributed by atoms with Gasteiger partial charge in [-0.1, -0.05) is 15.9 Å². The van der Waals surface area contributed by atoms with Crippen molar-refractivity contribution in [1.29, 1.82) is 0 Å². The largest absolute Gasteiger partial charge is 0.368 e. The lowest BCUT2D eigenvalue weighted by molar-refractivity contribution is -0.146. The van der Waals surface area contributed by atoms with E-state index in [1.165, 1.54) is 0 Å². The van der Waals surface area contributed by atoms with Crippen molar-refractivity contribution in [3.8, 4) is 0 Å². The van der Waals surface area contributed by atoms with Gasteiger partial charge in [0.15, 0.2) is 0 Å². The van der Waals surface area contributed by atoms with Crippen LogP contribution in [0, 0.1) is 0 Å². The molecule has 0 radical (unpaired) electrons. The van der Waals surface area contributed by atoms with Crippen molar-refractivity contribution < 1.29 is 9.53 Å². The van der Waals surface area contributed by atoms with Crippen molar-refractivity contribution >= 4 is 21.8 Å². The fraction of sp³-hybridized carbons (Fsp3) is 0.923. The molecule has 0 spiro atoms. The second-order valence-corrected chi connectivity index (χ2v) is 5.86. The fourth-order valence-electron chi connectivity index (χ4n) is 2.67. The summed E-state index contributed by atoms with van der Waals surface area (Å²) >= 11 is 3.47. The summed E-state index contributed by atoms with van der Waals surface area (Å²) in [6.07, 6.45) is 4.04. The Bertz CT molecular complexity index is 270. The van der Waals surface area contributed by atoms with Crippen LogP contribution in [-0.2, 0) is 9.53 Å². The Morgan fingerprint density at radius 2 is 2.06 bits per heavy atom. The third-order valence-corrected chi connectivity index (χ3v) is 4.11. The van der Waals surface area contributed by atoms with E-state index in [0.717, 1.165) is 70.3 Å². The molecule has 2 rings (SSSR count). The van der Waals surface area contributed by atoms with Crippen molar-refractivity contribution in [3.63, 3.8) is 0 Å². The highest BCUT2D eigenvalue weighted by atomic mass is 79.9. The Kier molecular flexibility index (Phi) is 5.92. The summed E-state index contributed by atoms with van der Waals surface area (Å²) in [7, 11) is 0. The molecule has 1 unspecified atom stereocenters. The fourth-order valence-corrected chi connectivity index (χ4v) is 3.18. The number of carbonyl (C=O) groups excluding carboxylic acids is 1. The smallest absolute Gasteiger partial charge is 0.251 e. The first-order valence-corrected chi connectivity index (χ1v) is 8.12. The summed E-state index contributed by atoms with van der Waals surface area (Å²) in [5, 5.41) is 1.01. The SMILES string of the molecule is O=C(C1CCCCO1)N1CCCN(CCBr)CC1. The Morgan fingerprint density at radius 1 is 1.17 bits per heavy atom. The van der Waals surface area contributed by atoms with Crippen LogP contribution in [0.1, 0.15) is 25.7 Å². The third kappa shape index (κ3) is 3.93. The van der Waals surface area contributed by atoms with Gasteiger partial charge in [-0.2, -0.15) is 0 Å². The number of halogens is 1. The Balaban J connectivity index is 1.82. The molecule has 104 valence electrons. The van der Waals surface area contributed by atoms with Gasteiger partial charge in [-0.05, 0) is 32.2 Å². The van der Waals surface area contributed by atoms with Crippen LogP contribution in [0.15, 0.2) is 0 Å². The summed E-state index contributed by atoms with van der Waals surface area (Å²) in [4.78, 5) is 16.8. The van der Waals surface area contributed by atoms with Crippen LogP contribution in [0.4, 0.5) is 0 Å². The average Bonchev–Trinajstić information content (AvgIpc) is 2.65. The zero-order chi connectivity index (χ0) is 12.8. The van der Waals surface area contributed by atoms with Gasteiger partial charge in [0.05, 0.1) is 0 Å². The predicted molar refractivity (Wildman–Crippen MR) is 75.0 cm³/mol. The van der Waals surface area contributed by atoms with Gasteiger partial charge in [-0.25, -0.2) is 0 Å². The van der Waals surface area contributed by atoms with E-state index >= 15 is 0 Å². The third-order valence-electron chi connectivity index (χ3n) is 3.76. The lowest BCUT2D eigenvalue weighted by Crippen LogP contribution is -2.43. The number of hydrogen-bond donors (Lipinski definition) is 0. The minimum Gasteiger partial charge on any atom is -0.368 e. The van der Waals surface area contributed by atoms with Crippen LogP contribution in [0.2, 0.25) is 0 Å². The minimum absolute atomic E-state index is 0.165. The van der Waals surface area contributed by atoms with E-state index in [1.54, 1.807) is 0 Å². The normalized spacial score (nSPS) is 26.9. The number of nitrogens with zero attached hydrogens (tertiary/aromatic N) is 2. The molecule has 5 heteroatoms. The van der Waals surface area contributed by atoms with Crippen LogP contribution in [0.5, 0.6) is 0 Å². The molecule has 0 aromatic heterocycles. The Labute approximate surface area is 118 Å². The number of ether oxygens (including phenoxy) is 1. The minimum atomic E-state index is -0.165. The summed E-state index contributed by atoms with van der Waals surface area (Å²) in [5.74, 6) is 0.218. The molecule has 0 bridgehead atoms. The van der Waals surface area contributed by atoms with E-state index in [0.29, 0.717) is 0 Å². The molecule has 2 aliphatic rings. The maximum Gasteiger partial charge on any atom is 0.251 e. The van der Waals surface area contributed by atoms with E-state index in [-0.39, 0.29) is 12.0 Å². The van der Waals surface area contributed by atoms with Gasteiger partial charge in [0.25, 0.3) is 5.91 Å². The molecule has 2 fully saturated rings. The predicted octanol–water partition coefficient (Wildman–Crippen LogP) is 1.48. The van der Waals surface area contributed by atoms with Gasteiger partial charge in [-0.3, -0.25) is 4.79 Å². The van der Waals surface area contributed by atoms with Gasteiger partial charge in [-0.15, -0.1) is 0 Å². The zero-order valence-electron chi connectivity index (χ0n) is 10.9. The first kappa shape index (κ1) is 14.3. The first-order valence-electron chi connectivity index (χ1n) is 7.00. The van der Waals surface area contributed by atoms with Crippen LogP contribution >= 0.6 is 15.9 Å². The number of hydrogen-bond acceptors (Lipinski definition) is 3. The van der Waals surface area contributed by atoms with Gasteiger partial charge in [0.2, 0.25) is 0 Å². The molecule has 18 heavy (non-hydrogen) atoms. The van der Waals surface area contributed by atoms with Gasteiger partial charge in [0.1, 0.15) is 6.10 Å². The average molecular weight is 319 g/mol. The molecule has 0 aromatic rings. The van der Waals surface area contributed by atoms with Crippen LogP contribution in [-0.4, -0.2) is 66.5 Å². The van der Waals surface area contributed by atoms with Crippen molar-refractivity contribution in [2.75, 3.05) is 44.7 Å². The highest BCUT2D eigenvalue weighted by molar-refractivity contribution is 9.09. The number of alkyl halides is 1. The van der Waals surface area contributed by atoms with Crippen molar-refractivity contribution in [1.82, 2.24) is 9.80 Å². The molecule has 4 nitrogen and oxygen atoms in total. The first-order chi connectivity index (χ1) is 8.81. The molecule has 1 amide bonds. The molecular formula is C13H23BrN2O2. The van der Waals surface area contributed by atoms with Crippen LogP contribution < -0.4 is 0 Å². The summed E-state index contributed by atoms with van der Waals surface area (Å²) in [6.45, 7) is 5.65. The molecule has 2 saturated heterocycles. The summed E-state index contributed by atoms with van der Waals surface area (Å²) in [6, 6.07) is 0. The molecule has 0 aromatic carbocycles. The summed E-state index contributed by atoms with van der Waals surface area (Å²) in [5.41, 5.74) is 0. The number of carbonyl (C=O) groups is 1. The van der Waals surface area contributed by atoms with Crippen LogP contribution in [0.3, 0.4) is 0 Å². The maximum absolute atomic E-state index is 12.3. The van der Waals surface area contributed by atoms with Crippen molar-refractivity contribution in [2.45, 2.75) is 31.8 Å². The molecule has 0 aliphatic carbocycles. The second-order valence-electron chi connectivity index (χ2n) is 5.06. The molecule has 0 N–H and O–H groups in total. The quantitative estimate of drug-likeness (QED) is 0.739. The van der Waals surface area contributed by atoms with Gasteiger partial charge >= 0.3 is 0 Å². The lowest BCUT2D eigenvalue weighted by Gasteiger charge is -2.28.